The Morgan fingerprint density at radius 3 is 2.50 bits per heavy atom. The molecular formula is C16H17ClN2O3. The Balaban J connectivity index is 2.34. The van der Waals surface area contributed by atoms with E-state index in [1.54, 1.807) is 31.2 Å². The third-order valence-corrected chi connectivity index (χ3v) is 3.32. The molecule has 0 aliphatic rings. The minimum atomic E-state index is -0.457. The van der Waals surface area contributed by atoms with Crippen molar-refractivity contribution in [3.05, 3.63) is 52.3 Å². The van der Waals surface area contributed by atoms with Gasteiger partial charge in [-0.3, -0.25) is 4.79 Å². The fourth-order valence-corrected chi connectivity index (χ4v) is 2.17. The van der Waals surface area contributed by atoms with Crippen molar-refractivity contribution in [3.8, 4) is 0 Å². The van der Waals surface area contributed by atoms with Gasteiger partial charge in [-0.25, -0.2) is 9.48 Å². The summed E-state index contributed by atoms with van der Waals surface area (Å²) >= 11 is 5.81. The van der Waals surface area contributed by atoms with Gasteiger partial charge < -0.3 is 4.74 Å². The van der Waals surface area contributed by atoms with Crippen molar-refractivity contribution < 1.29 is 14.3 Å². The molecule has 6 heteroatoms. The number of carbonyl (C=O) groups excluding carboxylic acids is 2. The molecule has 0 unspecified atom stereocenters. The van der Waals surface area contributed by atoms with Gasteiger partial charge in [0.1, 0.15) is 5.56 Å². The van der Waals surface area contributed by atoms with Crippen molar-refractivity contribution in [1.82, 2.24) is 9.78 Å². The monoisotopic (exact) mass is 320 g/mol. The highest BCUT2D eigenvalue weighted by molar-refractivity contribution is 6.30. The summed E-state index contributed by atoms with van der Waals surface area (Å²) in [5, 5.41) is 4.79. The molecule has 0 fully saturated rings. The predicted octanol–water partition coefficient (Wildman–Crippen LogP) is 3.35. The molecule has 0 saturated heterocycles. The van der Waals surface area contributed by atoms with Crippen molar-refractivity contribution in [2.45, 2.75) is 26.7 Å². The van der Waals surface area contributed by atoms with Crippen molar-refractivity contribution in [2.75, 3.05) is 6.61 Å². The van der Waals surface area contributed by atoms with E-state index in [-0.39, 0.29) is 12.5 Å². The Bertz CT molecular complexity index is 677. The van der Waals surface area contributed by atoms with Crippen LogP contribution in [0.4, 0.5) is 0 Å². The van der Waals surface area contributed by atoms with Gasteiger partial charge in [0, 0.05) is 16.8 Å². The maximum Gasteiger partial charge on any atom is 0.341 e. The molecular weight excluding hydrogens is 304 g/mol. The van der Waals surface area contributed by atoms with Crippen LogP contribution in [-0.4, -0.2) is 28.3 Å². The number of aromatic nitrogens is 2. The molecule has 0 bridgehead atoms. The highest BCUT2D eigenvalue weighted by Crippen LogP contribution is 2.14. The summed E-state index contributed by atoms with van der Waals surface area (Å²) < 4.78 is 6.19. The molecule has 2 rings (SSSR count). The molecule has 0 spiro atoms. The van der Waals surface area contributed by atoms with Crippen molar-refractivity contribution in [2.24, 2.45) is 0 Å². The number of hydrogen-bond acceptors (Lipinski definition) is 4. The highest BCUT2D eigenvalue weighted by Gasteiger charge is 2.20. The Morgan fingerprint density at radius 1 is 1.23 bits per heavy atom. The molecule has 2 aromatic rings. The van der Waals surface area contributed by atoms with Gasteiger partial charge in [-0.15, -0.1) is 0 Å². The maximum absolute atomic E-state index is 12.4. The van der Waals surface area contributed by atoms with Gasteiger partial charge in [-0.05, 0) is 37.6 Å². The normalized spacial score (nSPS) is 10.5. The fourth-order valence-electron chi connectivity index (χ4n) is 2.04. The lowest BCUT2D eigenvalue weighted by atomic mass is 10.2. The number of rotatable bonds is 5. The quantitative estimate of drug-likeness (QED) is 0.793. The zero-order chi connectivity index (χ0) is 16.1. The molecule has 1 aromatic heterocycles. The number of hydrogen-bond donors (Lipinski definition) is 0. The third-order valence-electron chi connectivity index (χ3n) is 3.07. The second-order valence-electron chi connectivity index (χ2n) is 4.72. The molecule has 0 saturated carbocycles. The lowest BCUT2D eigenvalue weighted by molar-refractivity contribution is 0.0525. The lowest BCUT2D eigenvalue weighted by Crippen LogP contribution is -2.12. The fraction of sp³-hybridized carbons (Fsp3) is 0.312. The minimum Gasteiger partial charge on any atom is -0.462 e. The number of carbonyl (C=O) groups is 2. The van der Waals surface area contributed by atoms with Gasteiger partial charge in [0.15, 0.2) is 0 Å². The number of ether oxygens (including phenoxy) is 1. The maximum atomic E-state index is 12.4. The molecule has 5 nitrogen and oxygen atoms in total. The average Bonchev–Trinajstić information content (AvgIpc) is 2.92. The van der Waals surface area contributed by atoms with Crippen LogP contribution >= 0.6 is 11.6 Å². The van der Waals surface area contributed by atoms with Crippen LogP contribution in [0.2, 0.25) is 5.02 Å². The van der Waals surface area contributed by atoms with E-state index in [9.17, 15) is 9.59 Å². The van der Waals surface area contributed by atoms with Crippen LogP contribution in [0.1, 0.15) is 46.7 Å². The highest BCUT2D eigenvalue weighted by atomic mass is 35.5. The van der Waals surface area contributed by atoms with Gasteiger partial charge in [0.25, 0.3) is 5.91 Å². The second-order valence-corrected chi connectivity index (χ2v) is 5.15. The summed E-state index contributed by atoms with van der Waals surface area (Å²) in [6, 6.07) is 6.51. The van der Waals surface area contributed by atoms with Gasteiger partial charge in [-0.2, -0.15) is 5.10 Å². The zero-order valence-corrected chi connectivity index (χ0v) is 13.3. The molecule has 0 aliphatic carbocycles. The SMILES string of the molecule is CCCc1nn(C(=O)c2ccc(Cl)cc2)cc1C(=O)OCC. The Kier molecular flexibility index (Phi) is 5.33. The van der Waals surface area contributed by atoms with E-state index >= 15 is 0 Å². The van der Waals surface area contributed by atoms with E-state index in [1.165, 1.54) is 10.9 Å². The number of halogens is 1. The summed E-state index contributed by atoms with van der Waals surface area (Å²) in [5.74, 6) is -0.773. The summed E-state index contributed by atoms with van der Waals surface area (Å²) in [6.45, 7) is 4.00. The number of benzene rings is 1. The first-order valence-electron chi connectivity index (χ1n) is 7.12. The summed E-state index contributed by atoms with van der Waals surface area (Å²) in [7, 11) is 0. The predicted molar refractivity (Wildman–Crippen MR) is 83.4 cm³/mol. The molecule has 0 amide bonds. The van der Waals surface area contributed by atoms with Crippen LogP contribution in [0, 0.1) is 0 Å². The molecule has 1 heterocycles. The van der Waals surface area contributed by atoms with Crippen LogP contribution in [0.25, 0.3) is 0 Å². The number of nitrogens with zero attached hydrogens (tertiary/aromatic N) is 2. The van der Waals surface area contributed by atoms with E-state index in [0.29, 0.717) is 28.3 Å². The molecule has 1 aromatic carbocycles. The summed E-state index contributed by atoms with van der Waals surface area (Å²) in [5.41, 5.74) is 1.36. The van der Waals surface area contributed by atoms with Crippen LogP contribution in [0.3, 0.4) is 0 Å². The molecule has 0 radical (unpaired) electrons. The smallest absolute Gasteiger partial charge is 0.341 e. The lowest BCUT2D eigenvalue weighted by Gasteiger charge is -2.00. The number of esters is 1. The summed E-state index contributed by atoms with van der Waals surface area (Å²) in [4.78, 5) is 24.4. The van der Waals surface area contributed by atoms with E-state index in [1.807, 2.05) is 6.92 Å². The standard InChI is InChI=1S/C16H17ClN2O3/c1-3-5-14-13(16(21)22-4-2)10-19(18-14)15(20)11-6-8-12(17)9-7-11/h6-10H,3-5H2,1-2H3. The largest absolute Gasteiger partial charge is 0.462 e. The van der Waals surface area contributed by atoms with Crippen LogP contribution in [0.5, 0.6) is 0 Å². The van der Waals surface area contributed by atoms with Crippen LogP contribution < -0.4 is 0 Å². The van der Waals surface area contributed by atoms with Crippen LogP contribution in [-0.2, 0) is 11.2 Å². The molecule has 116 valence electrons. The molecule has 0 N–H and O–H groups in total. The van der Waals surface area contributed by atoms with E-state index in [0.717, 1.165) is 6.42 Å². The van der Waals surface area contributed by atoms with Gasteiger partial charge in [-0.1, -0.05) is 24.9 Å². The van der Waals surface area contributed by atoms with Gasteiger partial charge in [0.2, 0.25) is 0 Å². The first-order chi connectivity index (χ1) is 10.6. The molecule has 0 aliphatic heterocycles. The van der Waals surface area contributed by atoms with Gasteiger partial charge >= 0.3 is 5.97 Å². The van der Waals surface area contributed by atoms with Crippen molar-refractivity contribution in [3.63, 3.8) is 0 Å². The second kappa shape index (κ2) is 7.22. The topological polar surface area (TPSA) is 61.2 Å². The first kappa shape index (κ1) is 16.2. The molecule has 0 atom stereocenters. The Hall–Kier alpha value is -2.14. The molecule has 22 heavy (non-hydrogen) atoms. The summed E-state index contributed by atoms with van der Waals surface area (Å²) in [6.07, 6.45) is 2.85. The zero-order valence-electron chi connectivity index (χ0n) is 12.5. The van der Waals surface area contributed by atoms with E-state index < -0.39 is 5.97 Å². The third kappa shape index (κ3) is 3.54. The number of aryl methyl sites for hydroxylation is 1. The Labute approximate surface area is 133 Å². The average molecular weight is 321 g/mol. The Morgan fingerprint density at radius 2 is 1.91 bits per heavy atom. The van der Waals surface area contributed by atoms with Gasteiger partial charge in [0.05, 0.1) is 12.3 Å². The van der Waals surface area contributed by atoms with Crippen molar-refractivity contribution >= 4 is 23.5 Å². The van der Waals surface area contributed by atoms with E-state index in [2.05, 4.69) is 5.10 Å². The minimum absolute atomic E-state index is 0.278. The van der Waals surface area contributed by atoms with Crippen LogP contribution in [0.15, 0.2) is 30.5 Å². The van der Waals surface area contributed by atoms with Crippen molar-refractivity contribution in [1.29, 1.82) is 0 Å². The first-order valence-corrected chi connectivity index (χ1v) is 7.50. The van der Waals surface area contributed by atoms with E-state index in [4.69, 9.17) is 16.3 Å².